The Morgan fingerprint density at radius 3 is 2.64 bits per heavy atom. The minimum atomic E-state index is -0.961. The van der Waals surface area contributed by atoms with Gasteiger partial charge in [-0.3, -0.25) is 19.7 Å². The molecular formula is C13H18N4O5. The number of likely N-dealkylation sites (N-methyl/N-ethyl adjacent to an activating group) is 1. The molecule has 1 atom stereocenters. The van der Waals surface area contributed by atoms with Crippen LogP contribution in [0.4, 0.5) is 11.4 Å². The first-order valence-electron chi connectivity index (χ1n) is 6.46. The van der Waals surface area contributed by atoms with Crippen molar-refractivity contribution in [2.75, 3.05) is 32.5 Å². The van der Waals surface area contributed by atoms with Gasteiger partial charge in [-0.15, -0.1) is 0 Å². The van der Waals surface area contributed by atoms with Crippen molar-refractivity contribution in [3.63, 3.8) is 0 Å². The SMILES string of the molecule is CN(C)CC(O)CNC(=O)C(=O)Nc1cccc([N+](=O)[O-])c1. The summed E-state index contributed by atoms with van der Waals surface area (Å²) in [6.07, 6.45) is -0.801. The van der Waals surface area contributed by atoms with E-state index in [1.807, 2.05) is 0 Å². The number of hydrogen-bond donors (Lipinski definition) is 3. The molecule has 9 heteroatoms. The summed E-state index contributed by atoms with van der Waals surface area (Å²) in [4.78, 5) is 35.0. The molecule has 1 unspecified atom stereocenters. The van der Waals surface area contributed by atoms with E-state index in [-0.39, 0.29) is 17.9 Å². The Kier molecular flexibility index (Phi) is 6.42. The number of nitro groups is 1. The Morgan fingerprint density at radius 2 is 2.05 bits per heavy atom. The Hall–Kier alpha value is -2.52. The number of aliphatic hydroxyl groups is 1. The van der Waals surface area contributed by atoms with Gasteiger partial charge in [-0.1, -0.05) is 6.07 Å². The minimum Gasteiger partial charge on any atom is -0.390 e. The standard InChI is InChI=1S/C13H18N4O5/c1-16(2)8-11(18)7-14-12(19)13(20)15-9-4-3-5-10(6-9)17(21)22/h3-6,11,18H,7-8H2,1-2H3,(H,14,19)(H,15,20). The van der Waals surface area contributed by atoms with Gasteiger partial charge in [-0.25, -0.2) is 0 Å². The van der Waals surface area contributed by atoms with Crippen LogP contribution in [-0.2, 0) is 9.59 Å². The molecule has 0 aromatic heterocycles. The van der Waals surface area contributed by atoms with Gasteiger partial charge in [0.1, 0.15) is 0 Å². The third-order valence-corrected chi connectivity index (χ3v) is 2.60. The van der Waals surface area contributed by atoms with Crippen molar-refractivity contribution in [2.45, 2.75) is 6.10 Å². The van der Waals surface area contributed by atoms with Crippen LogP contribution in [0.5, 0.6) is 0 Å². The van der Waals surface area contributed by atoms with Gasteiger partial charge >= 0.3 is 11.8 Å². The number of hydrogen-bond acceptors (Lipinski definition) is 6. The van der Waals surface area contributed by atoms with Crippen molar-refractivity contribution in [3.8, 4) is 0 Å². The molecule has 0 aliphatic carbocycles. The summed E-state index contributed by atoms with van der Waals surface area (Å²) in [7, 11) is 3.53. The second-order valence-corrected chi connectivity index (χ2v) is 4.89. The average Bonchev–Trinajstić information content (AvgIpc) is 2.44. The number of carbonyl (C=O) groups is 2. The summed E-state index contributed by atoms with van der Waals surface area (Å²) in [5.41, 5.74) is -0.0530. The number of benzene rings is 1. The van der Waals surface area contributed by atoms with Gasteiger partial charge in [-0.2, -0.15) is 0 Å². The molecule has 0 aliphatic rings. The molecule has 2 amide bonds. The van der Waals surface area contributed by atoms with Crippen molar-refractivity contribution >= 4 is 23.2 Å². The van der Waals surface area contributed by atoms with E-state index in [1.54, 1.807) is 19.0 Å². The van der Waals surface area contributed by atoms with Crippen LogP contribution in [-0.4, -0.2) is 60.0 Å². The van der Waals surface area contributed by atoms with Crippen molar-refractivity contribution in [1.29, 1.82) is 0 Å². The fourth-order valence-corrected chi connectivity index (χ4v) is 1.66. The van der Waals surface area contributed by atoms with Crippen LogP contribution in [0.3, 0.4) is 0 Å². The second-order valence-electron chi connectivity index (χ2n) is 4.89. The molecule has 0 saturated carbocycles. The van der Waals surface area contributed by atoms with Crippen LogP contribution in [0, 0.1) is 10.1 Å². The number of anilines is 1. The summed E-state index contributed by atoms with van der Waals surface area (Å²) in [6, 6.07) is 5.24. The van der Waals surface area contributed by atoms with E-state index in [2.05, 4.69) is 10.6 Å². The lowest BCUT2D eigenvalue weighted by atomic mass is 10.3. The van der Waals surface area contributed by atoms with E-state index in [4.69, 9.17) is 0 Å². The maximum absolute atomic E-state index is 11.6. The maximum Gasteiger partial charge on any atom is 0.313 e. The van der Waals surface area contributed by atoms with Gasteiger partial charge in [0.2, 0.25) is 0 Å². The van der Waals surface area contributed by atoms with Gasteiger partial charge in [-0.05, 0) is 20.2 Å². The van der Waals surface area contributed by atoms with Crippen molar-refractivity contribution in [1.82, 2.24) is 10.2 Å². The van der Waals surface area contributed by atoms with Gasteiger partial charge < -0.3 is 20.6 Å². The number of aliphatic hydroxyl groups excluding tert-OH is 1. The van der Waals surface area contributed by atoms with Crippen LogP contribution < -0.4 is 10.6 Å². The van der Waals surface area contributed by atoms with Crippen LogP contribution >= 0.6 is 0 Å². The highest BCUT2D eigenvalue weighted by Gasteiger charge is 2.16. The van der Waals surface area contributed by atoms with Gasteiger partial charge in [0, 0.05) is 30.9 Å². The molecule has 0 heterocycles. The molecule has 3 N–H and O–H groups in total. The molecule has 0 aliphatic heterocycles. The normalized spacial score (nSPS) is 11.8. The minimum absolute atomic E-state index is 0.0701. The number of carbonyl (C=O) groups excluding carboxylic acids is 2. The molecular weight excluding hydrogens is 292 g/mol. The highest BCUT2D eigenvalue weighted by Crippen LogP contribution is 2.16. The van der Waals surface area contributed by atoms with Crippen LogP contribution in [0.1, 0.15) is 0 Å². The van der Waals surface area contributed by atoms with Crippen LogP contribution in [0.15, 0.2) is 24.3 Å². The van der Waals surface area contributed by atoms with Crippen LogP contribution in [0.2, 0.25) is 0 Å². The fourth-order valence-electron chi connectivity index (χ4n) is 1.66. The molecule has 0 saturated heterocycles. The number of rotatable bonds is 6. The zero-order valence-electron chi connectivity index (χ0n) is 12.3. The number of nitrogens with one attached hydrogen (secondary N) is 2. The molecule has 1 aromatic rings. The second kappa shape index (κ2) is 8.05. The summed E-state index contributed by atoms with van der Waals surface area (Å²) in [6.45, 7) is 0.270. The quantitative estimate of drug-likeness (QED) is 0.372. The summed E-state index contributed by atoms with van der Waals surface area (Å²) in [5.74, 6) is -1.89. The number of non-ortho nitro benzene ring substituents is 1. The molecule has 1 aromatic carbocycles. The van der Waals surface area contributed by atoms with Crippen molar-refractivity contribution in [2.24, 2.45) is 0 Å². The topological polar surface area (TPSA) is 125 Å². The zero-order valence-corrected chi connectivity index (χ0v) is 12.3. The molecule has 0 fully saturated rings. The largest absolute Gasteiger partial charge is 0.390 e. The van der Waals surface area contributed by atoms with Crippen molar-refractivity contribution in [3.05, 3.63) is 34.4 Å². The molecule has 0 spiro atoms. The van der Waals surface area contributed by atoms with E-state index in [0.29, 0.717) is 6.54 Å². The molecule has 22 heavy (non-hydrogen) atoms. The summed E-state index contributed by atoms with van der Waals surface area (Å²) >= 11 is 0. The highest BCUT2D eigenvalue weighted by atomic mass is 16.6. The lowest BCUT2D eigenvalue weighted by molar-refractivity contribution is -0.384. The Balaban J connectivity index is 2.52. The molecule has 1 rings (SSSR count). The third-order valence-electron chi connectivity index (χ3n) is 2.60. The number of nitrogens with zero attached hydrogens (tertiary/aromatic N) is 2. The highest BCUT2D eigenvalue weighted by molar-refractivity contribution is 6.39. The van der Waals surface area contributed by atoms with Gasteiger partial charge in [0.15, 0.2) is 0 Å². The summed E-state index contributed by atoms with van der Waals surface area (Å²) in [5, 5.41) is 24.7. The first kappa shape index (κ1) is 17.5. The van der Waals surface area contributed by atoms with E-state index in [9.17, 15) is 24.8 Å². The lowest BCUT2D eigenvalue weighted by Crippen LogP contribution is -2.42. The van der Waals surface area contributed by atoms with Crippen LogP contribution in [0.25, 0.3) is 0 Å². The zero-order chi connectivity index (χ0) is 16.7. The Labute approximate surface area is 127 Å². The van der Waals surface area contributed by atoms with Crippen molar-refractivity contribution < 1.29 is 19.6 Å². The monoisotopic (exact) mass is 310 g/mol. The van der Waals surface area contributed by atoms with E-state index in [0.717, 1.165) is 6.07 Å². The Morgan fingerprint density at radius 1 is 1.36 bits per heavy atom. The van der Waals surface area contributed by atoms with E-state index in [1.165, 1.54) is 18.2 Å². The predicted octanol–water partition coefficient (Wildman–Crippen LogP) is -0.428. The van der Waals surface area contributed by atoms with Gasteiger partial charge in [0.25, 0.3) is 5.69 Å². The molecule has 0 bridgehead atoms. The molecule has 120 valence electrons. The number of amides is 2. The first-order valence-corrected chi connectivity index (χ1v) is 6.46. The maximum atomic E-state index is 11.6. The fraction of sp³-hybridized carbons (Fsp3) is 0.385. The first-order chi connectivity index (χ1) is 10.3. The lowest BCUT2D eigenvalue weighted by Gasteiger charge is -2.16. The molecule has 9 nitrogen and oxygen atoms in total. The smallest absolute Gasteiger partial charge is 0.313 e. The molecule has 0 radical (unpaired) electrons. The van der Waals surface area contributed by atoms with E-state index < -0.39 is 22.8 Å². The third kappa shape index (κ3) is 5.85. The average molecular weight is 310 g/mol. The predicted molar refractivity (Wildman–Crippen MR) is 79.3 cm³/mol. The number of nitro benzene ring substituents is 1. The van der Waals surface area contributed by atoms with Gasteiger partial charge in [0.05, 0.1) is 11.0 Å². The Bertz CT molecular complexity index is 561. The summed E-state index contributed by atoms with van der Waals surface area (Å²) < 4.78 is 0. The van der Waals surface area contributed by atoms with E-state index >= 15 is 0 Å².